The smallest absolute Gasteiger partial charge is 0.213 e. The van der Waals surface area contributed by atoms with Gasteiger partial charge in [0.15, 0.2) is 9.84 Å². The van der Waals surface area contributed by atoms with E-state index in [1.165, 1.54) is 7.11 Å². The summed E-state index contributed by atoms with van der Waals surface area (Å²) in [6.07, 6.45) is 0.619. The van der Waals surface area contributed by atoms with E-state index in [4.69, 9.17) is 10.00 Å². The Kier molecular flexibility index (Phi) is 4.91. The molecule has 5 nitrogen and oxygen atoms in total. The molecule has 1 aromatic rings. The molecule has 0 unspecified atom stereocenters. The van der Waals surface area contributed by atoms with Gasteiger partial charge in [-0.1, -0.05) is 6.07 Å². The molecule has 0 fully saturated rings. The lowest BCUT2D eigenvalue weighted by Gasteiger charge is -2.04. The van der Waals surface area contributed by atoms with E-state index in [1.54, 1.807) is 18.2 Å². The standard InChI is InChI=1S/C11H14N2O3S/c1-16-11-6-4-5-10(13-11)9-17(14,15)8-3-2-7-12/h4-6H,2-3,8-9H2,1H3. The number of pyridine rings is 1. The maximum Gasteiger partial charge on any atom is 0.213 e. The van der Waals surface area contributed by atoms with Gasteiger partial charge in [0, 0.05) is 12.5 Å². The van der Waals surface area contributed by atoms with Gasteiger partial charge in [0.1, 0.15) is 0 Å². The van der Waals surface area contributed by atoms with Gasteiger partial charge in [-0.05, 0) is 12.5 Å². The lowest BCUT2D eigenvalue weighted by Crippen LogP contribution is -2.10. The normalized spacial score (nSPS) is 10.8. The van der Waals surface area contributed by atoms with Gasteiger partial charge in [0.2, 0.25) is 5.88 Å². The predicted molar refractivity (Wildman–Crippen MR) is 63.1 cm³/mol. The molecule has 0 atom stereocenters. The lowest BCUT2D eigenvalue weighted by atomic mass is 10.4. The van der Waals surface area contributed by atoms with E-state index in [-0.39, 0.29) is 17.9 Å². The van der Waals surface area contributed by atoms with E-state index < -0.39 is 9.84 Å². The fourth-order valence-corrected chi connectivity index (χ4v) is 2.66. The Morgan fingerprint density at radius 1 is 1.47 bits per heavy atom. The molecule has 0 amide bonds. The zero-order chi connectivity index (χ0) is 12.7. The van der Waals surface area contributed by atoms with Crippen LogP contribution in [0.4, 0.5) is 0 Å². The third kappa shape index (κ3) is 4.83. The molecular formula is C11H14N2O3S. The van der Waals surface area contributed by atoms with Crippen LogP contribution >= 0.6 is 0 Å². The third-order valence-corrected chi connectivity index (χ3v) is 3.75. The number of nitriles is 1. The lowest BCUT2D eigenvalue weighted by molar-refractivity contribution is 0.396. The van der Waals surface area contributed by atoms with Crippen LogP contribution in [0.2, 0.25) is 0 Å². The second-order valence-electron chi connectivity index (χ2n) is 3.52. The molecule has 0 spiro atoms. The van der Waals surface area contributed by atoms with Crippen LogP contribution in [0.25, 0.3) is 0 Å². The summed E-state index contributed by atoms with van der Waals surface area (Å²) in [5.74, 6) is 0.296. The van der Waals surface area contributed by atoms with Crippen molar-refractivity contribution in [1.82, 2.24) is 4.98 Å². The SMILES string of the molecule is COc1cccc(CS(=O)(=O)CCCC#N)n1. The summed E-state index contributed by atoms with van der Waals surface area (Å²) in [6, 6.07) is 6.92. The highest BCUT2D eigenvalue weighted by Gasteiger charge is 2.13. The van der Waals surface area contributed by atoms with Crippen molar-refractivity contribution in [2.24, 2.45) is 0 Å². The quantitative estimate of drug-likeness (QED) is 0.715. The number of sulfone groups is 1. The average molecular weight is 254 g/mol. The summed E-state index contributed by atoms with van der Waals surface area (Å²) in [4.78, 5) is 4.04. The molecule has 6 heteroatoms. The summed E-state index contributed by atoms with van der Waals surface area (Å²) in [7, 11) is -1.72. The molecule has 0 bridgehead atoms. The highest BCUT2D eigenvalue weighted by molar-refractivity contribution is 7.90. The largest absolute Gasteiger partial charge is 0.481 e. The average Bonchev–Trinajstić information content (AvgIpc) is 2.29. The molecule has 1 aromatic heterocycles. The highest BCUT2D eigenvalue weighted by atomic mass is 32.2. The summed E-state index contributed by atoms with van der Waals surface area (Å²) in [5, 5.41) is 8.35. The maximum atomic E-state index is 11.7. The van der Waals surface area contributed by atoms with Gasteiger partial charge in [-0.3, -0.25) is 0 Å². The first-order valence-corrected chi connectivity index (χ1v) is 6.97. The van der Waals surface area contributed by atoms with Crippen LogP contribution in [-0.4, -0.2) is 26.3 Å². The number of hydrogen-bond donors (Lipinski definition) is 0. The molecule has 1 heterocycles. The first kappa shape index (κ1) is 13.5. The number of aromatic nitrogens is 1. The first-order valence-electron chi connectivity index (χ1n) is 5.15. The molecule has 17 heavy (non-hydrogen) atoms. The number of methoxy groups -OCH3 is 1. The van der Waals surface area contributed by atoms with E-state index in [2.05, 4.69) is 4.98 Å². The van der Waals surface area contributed by atoms with Gasteiger partial charge in [-0.15, -0.1) is 0 Å². The van der Waals surface area contributed by atoms with Crippen molar-refractivity contribution in [1.29, 1.82) is 5.26 Å². The summed E-state index contributed by atoms with van der Waals surface area (Å²) in [5.41, 5.74) is 0.460. The zero-order valence-electron chi connectivity index (χ0n) is 9.59. The van der Waals surface area contributed by atoms with E-state index in [0.717, 1.165) is 0 Å². The second-order valence-corrected chi connectivity index (χ2v) is 5.71. The van der Waals surface area contributed by atoms with Gasteiger partial charge in [0.25, 0.3) is 0 Å². The molecule has 0 N–H and O–H groups in total. The molecule has 92 valence electrons. The van der Waals surface area contributed by atoms with E-state index in [1.807, 2.05) is 6.07 Å². The Balaban J connectivity index is 2.66. The monoisotopic (exact) mass is 254 g/mol. The summed E-state index contributed by atoms with van der Waals surface area (Å²) < 4.78 is 28.3. The number of rotatable bonds is 6. The molecule has 0 aromatic carbocycles. The topological polar surface area (TPSA) is 80.0 Å². The van der Waals surface area contributed by atoms with Crippen molar-refractivity contribution in [3.8, 4) is 11.9 Å². The van der Waals surface area contributed by atoms with Crippen LogP contribution in [0.1, 0.15) is 18.5 Å². The van der Waals surface area contributed by atoms with Crippen LogP contribution in [0.15, 0.2) is 18.2 Å². The molecule has 0 saturated carbocycles. The van der Waals surface area contributed by atoms with E-state index in [9.17, 15) is 8.42 Å². The minimum atomic E-state index is -3.20. The van der Waals surface area contributed by atoms with Crippen LogP contribution in [-0.2, 0) is 15.6 Å². The molecule has 0 aliphatic carbocycles. The number of nitrogens with zero attached hydrogens (tertiary/aromatic N) is 2. The Hall–Kier alpha value is -1.61. The van der Waals surface area contributed by atoms with Crippen LogP contribution in [0.3, 0.4) is 0 Å². The Morgan fingerprint density at radius 2 is 2.24 bits per heavy atom. The maximum absolute atomic E-state index is 11.7. The van der Waals surface area contributed by atoms with Crippen LogP contribution < -0.4 is 4.74 Å². The predicted octanol–water partition coefficient (Wildman–Crippen LogP) is 1.31. The van der Waals surface area contributed by atoms with Gasteiger partial charge >= 0.3 is 0 Å². The zero-order valence-corrected chi connectivity index (χ0v) is 10.4. The summed E-state index contributed by atoms with van der Waals surface area (Å²) >= 11 is 0. The molecule has 1 rings (SSSR count). The molecular weight excluding hydrogens is 240 g/mol. The van der Waals surface area contributed by atoms with Crippen molar-refractivity contribution in [3.63, 3.8) is 0 Å². The van der Waals surface area contributed by atoms with Gasteiger partial charge in [-0.2, -0.15) is 5.26 Å². The number of hydrogen-bond acceptors (Lipinski definition) is 5. The Morgan fingerprint density at radius 3 is 2.88 bits per heavy atom. The Labute approximate surface area is 101 Å². The molecule has 0 radical (unpaired) electrons. The van der Waals surface area contributed by atoms with Crippen molar-refractivity contribution in [2.45, 2.75) is 18.6 Å². The fourth-order valence-electron chi connectivity index (χ4n) is 1.32. The fraction of sp³-hybridized carbons (Fsp3) is 0.455. The molecule has 0 aliphatic heterocycles. The van der Waals surface area contributed by atoms with Gasteiger partial charge in [-0.25, -0.2) is 13.4 Å². The highest BCUT2D eigenvalue weighted by Crippen LogP contribution is 2.10. The number of ether oxygens (including phenoxy) is 1. The van der Waals surface area contributed by atoms with Crippen molar-refractivity contribution < 1.29 is 13.2 Å². The van der Waals surface area contributed by atoms with Gasteiger partial charge < -0.3 is 4.74 Å². The van der Waals surface area contributed by atoms with Gasteiger partial charge in [0.05, 0.1) is 30.4 Å². The van der Waals surface area contributed by atoms with Crippen LogP contribution in [0.5, 0.6) is 5.88 Å². The minimum Gasteiger partial charge on any atom is -0.481 e. The van der Waals surface area contributed by atoms with Crippen molar-refractivity contribution in [2.75, 3.05) is 12.9 Å². The second kappa shape index (κ2) is 6.21. The summed E-state index contributed by atoms with van der Waals surface area (Å²) in [6.45, 7) is 0. The first-order chi connectivity index (χ1) is 8.07. The molecule has 0 aliphatic rings. The van der Waals surface area contributed by atoms with Crippen molar-refractivity contribution >= 4 is 9.84 Å². The van der Waals surface area contributed by atoms with Crippen molar-refractivity contribution in [3.05, 3.63) is 23.9 Å². The van der Waals surface area contributed by atoms with E-state index in [0.29, 0.717) is 18.0 Å². The number of unbranched alkanes of at least 4 members (excludes halogenated alkanes) is 1. The third-order valence-electron chi connectivity index (χ3n) is 2.10. The van der Waals surface area contributed by atoms with E-state index >= 15 is 0 Å². The minimum absolute atomic E-state index is 0.0133. The Bertz CT molecular complexity index is 506. The van der Waals surface area contributed by atoms with Crippen LogP contribution in [0, 0.1) is 11.3 Å². The molecule has 0 saturated heterocycles.